The second-order valence-electron chi connectivity index (χ2n) is 8.74. The van der Waals surface area contributed by atoms with Crippen LogP contribution >= 0.6 is 0 Å². The molecule has 0 unspecified atom stereocenters. The first-order valence-electron chi connectivity index (χ1n) is 11.1. The van der Waals surface area contributed by atoms with Crippen molar-refractivity contribution in [3.05, 3.63) is 80.5 Å². The van der Waals surface area contributed by atoms with Crippen LogP contribution in [0.25, 0.3) is 11.2 Å². The zero-order chi connectivity index (χ0) is 23.3. The van der Waals surface area contributed by atoms with E-state index in [-0.39, 0.29) is 23.7 Å². The Bertz CT molecular complexity index is 1480. The maximum absolute atomic E-state index is 13.7. The predicted molar refractivity (Wildman–Crippen MR) is 129 cm³/mol. The van der Waals surface area contributed by atoms with Crippen molar-refractivity contribution in [1.29, 1.82) is 0 Å². The van der Waals surface area contributed by atoms with E-state index < -0.39 is 0 Å². The Hall–Kier alpha value is -3.81. The number of hydrogen-bond acceptors (Lipinski definition) is 5. The molecule has 0 amide bonds. The van der Waals surface area contributed by atoms with Gasteiger partial charge < -0.3 is 14.2 Å². The van der Waals surface area contributed by atoms with Gasteiger partial charge in [-0.2, -0.15) is 4.98 Å². The van der Waals surface area contributed by atoms with Crippen molar-refractivity contribution < 1.29 is 4.74 Å². The quantitative estimate of drug-likeness (QED) is 0.483. The smallest absolute Gasteiger partial charge is 0.332 e. The highest BCUT2D eigenvalue weighted by Gasteiger charge is 2.31. The molecule has 0 spiro atoms. The van der Waals surface area contributed by atoms with E-state index in [9.17, 15) is 9.59 Å². The van der Waals surface area contributed by atoms with Gasteiger partial charge in [-0.25, -0.2) is 4.79 Å². The molecular formula is C25H27N5O3. The lowest BCUT2D eigenvalue weighted by Crippen LogP contribution is -2.40. The third kappa shape index (κ3) is 3.33. The molecule has 0 fully saturated rings. The van der Waals surface area contributed by atoms with Crippen LogP contribution in [-0.2, 0) is 20.1 Å². The van der Waals surface area contributed by atoms with E-state index in [4.69, 9.17) is 9.72 Å². The van der Waals surface area contributed by atoms with Crippen molar-refractivity contribution in [2.75, 3.05) is 18.6 Å². The number of methoxy groups -OCH3 is 1. The van der Waals surface area contributed by atoms with E-state index in [1.807, 2.05) is 60.0 Å². The molecule has 4 aromatic rings. The summed E-state index contributed by atoms with van der Waals surface area (Å²) >= 11 is 0. The summed E-state index contributed by atoms with van der Waals surface area (Å²) in [6.07, 6.45) is 0. The molecule has 1 aliphatic heterocycles. The van der Waals surface area contributed by atoms with E-state index in [1.165, 1.54) is 9.13 Å². The van der Waals surface area contributed by atoms with E-state index in [1.54, 1.807) is 14.2 Å². The Balaban J connectivity index is 1.74. The van der Waals surface area contributed by atoms with Crippen LogP contribution in [0.15, 0.2) is 58.1 Å². The van der Waals surface area contributed by atoms with Crippen LogP contribution in [-0.4, -0.2) is 32.3 Å². The number of nitrogens with zero attached hydrogens (tertiary/aromatic N) is 5. The number of benzene rings is 2. The van der Waals surface area contributed by atoms with Crippen LogP contribution in [0.5, 0.6) is 5.75 Å². The maximum atomic E-state index is 13.7. The average molecular weight is 446 g/mol. The Morgan fingerprint density at radius 3 is 2.55 bits per heavy atom. The van der Waals surface area contributed by atoms with Gasteiger partial charge in [-0.1, -0.05) is 43.3 Å². The van der Waals surface area contributed by atoms with Gasteiger partial charge in [-0.3, -0.25) is 13.9 Å². The lowest BCUT2D eigenvalue weighted by Gasteiger charge is -2.33. The highest BCUT2D eigenvalue weighted by molar-refractivity contribution is 5.78. The molecular weight excluding hydrogens is 418 g/mol. The zero-order valence-corrected chi connectivity index (χ0v) is 19.3. The number of rotatable bonds is 4. The highest BCUT2D eigenvalue weighted by Crippen LogP contribution is 2.37. The summed E-state index contributed by atoms with van der Waals surface area (Å²) in [5.74, 6) is 1.64. The fraction of sp³-hybridized carbons (Fsp3) is 0.320. The minimum Gasteiger partial charge on any atom is -0.495 e. The molecule has 3 heterocycles. The molecule has 2 aromatic carbocycles. The number of ether oxygens (including phenoxy) is 1. The number of imidazole rings is 1. The Kier molecular flexibility index (Phi) is 5.08. The van der Waals surface area contributed by atoms with Gasteiger partial charge in [0, 0.05) is 20.1 Å². The van der Waals surface area contributed by atoms with E-state index in [2.05, 4.69) is 11.8 Å². The highest BCUT2D eigenvalue weighted by atomic mass is 16.5. The summed E-state index contributed by atoms with van der Waals surface area (Å²) in [5, 5.41) is 0. The number of hydrogen-bond donors (Lipinski definition) is 0. The molecule has 1 atom stereocenters. The molecule has 0 N–H and O–H groups in total. The Morgan fingerprint density at radius 1 is 1.06 bits per heavy atom. The molecule has 0 saturated heterocycles. The van der Waals surface area contributed by atoms with Crippen LogP contribution in [0.1, 0.15) is 18.1 Å². The van der Waals surface area contributed by atoms with Crippen LogP contribution in [0.4, 0.5) is 11.6 Å². The second-order valence-corrected chi connectivity index (χ2v) is 8.74. The molecule has 0 bridgehead atoms. The summed E-state index contributed by atoms with van der Waals surface area (Å²) in [5.41, 5.74) is 3.03. The van der Waals surface area contributed by atoms with Gasteiger partial charge in [0.05, 0.1) is 19.3 Å². The average Bonchev–Trinajstić information content (AvgIpc) is 3.20. The van der Waals surface area contributed by atoms with Crippen LogP contribution < -0.4 is 20.9 Å². The van der Waals surface area contributed by atoms with Crippen molar-refractivity contribution in [2.24, 2.45) is 13.0 Å². The van der Waals surface area contributed by atoms with Crippen molar-refractivity contribution in [3.63, 3.8) is 0 Å². The Morgan fingerprint density at radius 2 is 1.79 bits per heavy atom. The molecule has 2 aromatic heterocycles. The SMILES string of the molecule is COc1ccccc1N1C[C@H](C)Cn2c1nc1c2c(=O)n(Cc2ccccc2C)c(=O)n1C. The number of anilines is 2. The summed E-state index contributed by atoms with van der Waals surface area (Å²) in [6, 6.07) is 15.6. The summed E-state index contributed by atoms with van der Waals surface area (Å²) in [4.78, 5) is 33.7. The van der Waals surface area contributed by atoms with Gasteiger partial charge in [0.1, 0.15) is 5.75 Å². The molecule has 0 saturated carbocycles. The van der Waals surface area contributed by atoms with Gasteiger partial charge in [-0.15, -0.1) is 0 Å². The van der Waals surface area contributed by atoms with Gasteiger partial charge in [0.15, 0.2) is 11.2 Å². The standard InChI is InChI=1S/C25H27N5O3/c1-16-13-28(19-11-7-8-12-20(19)33-4)24-26-22-21(29(24)14-16)23(31)30(25(32)27(22)3)15-18-10-6-5-9-17(18)2/h5-12,16H,13-15H2,1-4H3/t16-/m0/s1. The van der Waals surface area contributed by atoms with E-state index >= 15 is 0 Å². The molecule has 170 valence electrons. The maximum Gasteiger partial charge on any atom is 0.332 e. The Labute approximate surface area is 191 Å². The third-order valence-corrected chi connectivity index (χ3v) is 6.41. The molecule has 0 aliphatic carbocycles. The van der Waals surface area contributed by atoms with Crippen LogP contribution in [0.2, 0.25) is 0 Å². The summed E-state index contributed by atoms with van der Waals surface area (Å²) in [6.45, 7) is 5.73. The third-order valence-electron chi connectivity index (χ3n) is 6.41. The molecule has 1 aliphatic rings. The minimum absolute atomic E-state index is 0.223. The van der Waals surface area contributed by atoms with E-state index in [0.717, 1.165) is 29.1 Å². The van der Waals surface area contributed by atoms with Gasteiger partial charge in [0.2, 0.25) is 5.95 Å². The number of fused-ring (bicyclic) bond motifs is 3. The lowest BCUT2D eigenvalue weighted by molar-refractivity contribution is 0.409. The normalized spacial score (nSPS) is 15.6. The minimum atomic E-state index is -0.372. The van der Waals surface area contributed by atoms with Crippen molar-refractivity contribution in [2.45, 2.75) is 26.9 Å². The summed E-state index contributed by atoms with van der Waals surface area (Å²) < 4.78 is 10.3. The predicted octanol–water partition coefficient (Wildman–Crippen LogP) is 3.05. The number of para-hydroxylation sites is 2. The summed E-state index contributed by atoms with van der Waals surface area (Å²) in [7, 11) is 3.32. The zero-order valence-electron chi connectivity index (χ0n) is 19.3. The first-order valence-corrected chi connectivity index (χ1v) is 11.1. The second kappa shape index (κ2) is 7.95. The first kappa shape index (κ1) is 21.1. The van der Waals surface area contributed by atoms with Crippen LogP contribution in [0, 0.1) is 12.8 Å². The van der Waals surface area contributed by atoms with Gasteiger partial charge in [-0.05, 0) is 36.1 Å². The molecule has 33 heavy (non-hydrogen) atoms. The van der Waals surface area contributed by atoms with Crippen molar-refractivity contribution in [1.82, 2.24) is 18.7 Å². The lowest BCUT2D eigenvalue weighted by atomic mass is 10.1. The van der Waals surface area contributed by atoms with E-state index in [0.29, 0.717) is 23.7 Å². The molecule has 5 rings (SSSR count). The van der Waals surface area contributed by atoms with Crippen molar-refractivity contribution in [3.8, 4) is 5.75 Å². The van der Waals surface area contributed by atoms with Gasteiger partial charge >= 0.3 is 5.69 Å². The molecule has 0 radical (unpaired) electrons. The van der Waals surface area contributed by atoms with Crippen LogP contribution in [0.3, 0.4) is 0 Å². The number of aromatic nitrogens is 4. The largest absolute Gasteiger partial charge is 0.495 e. The molecule has 8 heteroatoms. The van der Waals surface area contributed by atoms with Gasteiger partial charge in [0.25, 0.3) is 5.56 Å². The fourth-order valence-corrected chi connectivity index (χ4v) is 4.66. The topological polar surface area (TPSA) is 74.3 Å². The number of aryl methyl sites for hydroxylation is 2. The fourth-order valence-electron chi connectivity index (χ4n) is 4.66. The molecule has 8 nitrogen and oxygen atoms in total. The van der Waals surface area contributed by atoms with Crippen molar-refractivity contribution >= 4 is 22.8 Å². The monoisotopic (exact) mass is 445 g/mol. The first-order chi connectivity index (χ1) is 15.9.